The lowest BCUT2D eigenvalue weighted by molar-refractivity contribution is -0.155. The van der Waals surface area contributed by atoms with E-state index in [1.54, 1.807) is 40.7 Å². The van der Waals surface area contributed by atoms with E-state index in [1.165, 1.54) is 17.0 Å². The molecule has 16 heteroatoms. The van der Waals surface area contributed by atoms with Gasteiger partial charge in [-0.2, -0.15) is 13.2 Å². The fraction of sp³-hybridized carbons (Fsp3) is 0.600. The van der Waals surface area contributed by atoms with Crippen LogP contribution in [0.2, 0.25) is 0 Å². The summed E-state index contributed by atoms with van der Waals surface area (Å²) >= 11 is 7.18. The molecular formula is C40H48ClF3N4O8. The van der Waals surface area contributed by atoms with Gasteiger partial charge in [-0.15, -0.1) is 11.6 Å². The Hall–Kier alpha value is -4.26. The number of allylic oxidation sites excluding steroid dienone is 1. The van der Waals surface area contributed by atoms with Crippen molar-refractivity contribution in [1.82, 2.24) is 20.5 Å². The van der Waals surface area contributed by atoms with E-state index in [9.17, 15) is 32.7 Å². The van der Waals surface area contributed by atoms with Crippen LogP contribution in [-0.4, -0.2) is 93.9 Å². The van der Waals surface area contributed by atoms with Crippen LogP contribution >= 0.6 is 11.6 Å². The first-order chi connectivity index (χ1) is 26.3. The molecule has 3 N–H and O–H groups in total. The van der Waals surface area contributed by atoms with Crippen molar-refractivity contribution in [2.45, 2.75) is 126 Å². The van der Waals surface area contributed by atoms with Crippen LogP contribution in [0.4, 0.5) is 18.0 Å². The standard InChI is InChI=1S/C40H48ClF3N4O8/c1-6-53-35(51)39-17-16-24(39)12-10-8-7-9-11-13-29(46-36(52)56-37(3,4)5)34(50)48-21-38(20-30(48)33(49)47-39)19-27(41)31-26-18-25(54-22-40(42,43)44)14-15-28(26)45-23(2)32(31)55-38/h10,12,14-15,18,24,27,29-30,35,51H,6-9,11,13,19-22H2,1-5H3,(H,46,52)(H,47,49). The minimum atomic E-state index is -4.54. The molecule has 1 aliphatic carbocycles. The van der Waals surface area contributed by atoms with E-state index in [0.29, 0.717) is 35.0 Å². The Balaban J connectivity index is 1.39. The molecular weight excluding hydrogens is 757 g/mol. The van der Waals surface area contributed by atoms with Gasteiger partial charge in [0.1, 0.15) is 34.8 Å². The third kappa shape index (κ3) is 8.82. The van der Waals surface area contributed by atoms with Crippen LogP contribution in [0.3, 0.4) is 0 Å². The van der Waals surface area contributed by atoms with E-state index in [0.717, 1.165) is 12.8 Å². The van der Waals surface area contributed by atoms with Gasteiger partial charge in [0.15, 0.2) is 18.4 Å². The van der Waals surface area contributed by atoms with Crippen molar-refractivity contribution in [3.8, 4) is 23.3 Å². The van der Waals surface area contributed by atoms with Gasteiger partial charge in [0, 0.05) is 30.4 Å². The SMILES string of the molecule is CCOC(O)C12C#CC1C=CCCCCCC(NC(=O)OC(C)(C)C)C(=O)N1CC3(CC(Cl)c4c(c(C)nc5ccc(OCC(F)(F)F)cc45)O3)CC1C(=O)N2. The van der Waals surface area contributed by atoms with E-state index < -0.39 is 77.1 Å². The molecule has 56 heavy (non-hydrogen) atoms. The predicted octanol–water partition coefficient (Wildman–Crippen LogP) is 6.14. The van der Waals surface area contributed by atoms with Gasteiger partial charge in [-0.25, -0.2) is 9.78 Å². The maximum absolute atomic E-state index is 14.7. The number of nitrogens with zero attached hydrogens (tertiary/aromatic N) is 2. The predicted molar refractivity (Wildman–Crippen MR) is 200 cm³/mol. The normalized spacial score (nSPS) is 28.6. The lowest BCUT2D eigenvalue weighted by Gasteiger charge is -2.42. The smallest absolute Gasteiger partial charge is 0.422 e. The maximum atomic E-state index is 14.7. The highest BCUT2D eigenvalue weighted by atomic mass is 35.5. The van der Waals surface area contributed by atoms with Crippen LogP contribution in [0.5, 0.6) is 11.5 Å². The molecule has 1 aromatic carbocycles. The fourth-order valence-electron chi connectivity index (χ4n) is 7.79. The molecule has 12 nitrogen and oxygen atoms in total. The number of aryl methyl sites for hydroxylation is 1. The Kier molecular flexibility index (Phi) is 11.8. The highest BCUT2D eigenvalue weighted by Crippen LogP contribution is 2.51. The molecule has 304 valence electrons. The van der Waals surface area contributed by atoms with Crippen LogP contribution < -0.4 is 20.1 Å². The second kappa shape index (κ2) is 15.9. The number of carbonyl (C=O) groups is 3. The van der Waals surface area contributed by atoms with Crippen molar-refractivity contribution < 1.29 is 51.6 Å². The number of fused-ring (bicyclic) bond motifs is 5. The second-order valence-electron chi connectivity index (χ2n) is 15.8. The zero-order chi connectivity index (χ0) is 40.6. The van der Waals surface area contributed by atoms with Gasteiger partial charge in [-0.3, -0.25) is 9.59 Å². The topological polar surface area (TPSA) is 149 Å². The van der Waals surface area contributed by atoms with Crippen molar-refractivity contribution in [1.29, 1.82) is 0 Å². The number of ether oxygens (including phenoxy) is 4. The van der Waals surface area contributed by atoms with Gasteiger partial charge < -0.3 is 39.6 Å². The van der Waals surface area contributed by atoms with Gasteiger partial charge in [0.2, 0.25) is 11.8 Å². The lowest BCUT2D eigenvalue weighted by atomic mass is 9.75. The number of rotatable bonds is 6. The first kappa shape index (κ1) is 41.4. The molecule has 3 aliphatic heterocycles. The third-order valence-electron chi connectivity index (χ3n) is 10.3. The van der Waals surface area contributed by atoms with Crippen molar-refractivity contribution in [3.05, 3.63) is 41.6 Å². The molecule has 0 saturated carbocycles. The average Bonchev–Trinajstić information content (AvgIpc) is 3.46. The number of hydrogen-bond donors (Lipinski definition) is 3. The van der Waals surface area contributed by atoms with Crippen molar-refractivity contribution in [3.63, 3.8) is 0 Å². The van der Waals surface area contributed by atoms with E-state index >= 15 is 0 Å². The Labute approximate surface area is 328 Å². The zero-order valence-corrected chi connectivity index (χ0v) is 32.8. The largest absolute Gasteiger partial charge is 0.484 e. The van der Waals surface area contributed by atoms with Crippen molar-refractivity contribution >= 4 is 40.4 Å². The Bertz CT molecular complexity index is 1940. The number of aromatic nitrogens is 1. The number of aliphatic hydroxyl groups is 1. The number of halogens is 4. The van der Waals surface area contributed by atoms with Crippen molar-refractivity contribution in [2.75, 3.05) is 19.8 Å². The van der Waals surface area contributed by atoms with Gasteiger partial charge in [-0.1, -0.05) is 36.8 Å². The van der Waals surface area contributed by atoms with E-state index in [2.05, 4.69) is 27.5 Å². The van der Waals surface area contributed by atoms with E-state index in [4.69, 9.17) is 30.5 Å². The summed E-state index contributed by atoms with van der Waals surface area (Å²) in [6.07, 6.45) is 0.154. The van der Waals surface area contributed by atoms with Crippen molar-refractivity contribution in [2.24, 2.45) is 5.92 Å². The number of carbonyl (C=O) groups excluding carboxylic acids is 3. The highest BCUT2D eigenvalue weighted by Gasteiger charge is 2.57. The molecule has 7 atom stereocenters. The number of alkyl halides is 4. The fourth-order valence-corrected chi connectivity index (χ4v) is 8.29. The molecule has 0 radical (unpaired) electrons. The Morgan fingerprint density at radius 2 is 1.98 bits per heavy atom. The van der Waals surface area contributed by atoms with Crippen LogP contribution in [-0.2, 0) is 19.1 Å². The van der Waals surface area contributed by atoms with Gasteiger partial charge in [-0.05, 0) is 72.1 Å². The summed E-state index contributed by atoms with van der Waals surface area (Å²) in [5.74, 6) is 4.49. The van der Waals surface area contributed by atoms with Crippen LogP contribution in [0.1, 0.15) is 89.3 Å². The molecule has 3 amide bonds. The summed E-state index contributed by atoms with van der Waals surface area (Å²) in [5, 5.41) is 16.6. The molecule has 4 aliphatic rings. The highest BCUT2D eigenvalue weighted by molar-refractivity contribution is 6.22. The summed E-state index contributed by atoms with van der Waals surface area (Å²) in [6.45, 7) is 7.11. The molecule has 0 bridgehead atoms. The molecule has 1 fully saturated rings. The molecule has 7 unspecified atom stereocenters. The minimum absolute atomic E-state index is 0.0280. The number of pyridine rings is 1. The second-order valence-corrected chi connectivity index (χ2v) is 16.4. The number of aliphatic hydroxyl groups excluding tert-OH is 1. The van der Waals surface area contributed by atoms with E-state index in [1.807, 2.05) is 12.2 Å². The number of nitrogens with one attached hydrogen (secondary N) is 2. The van der Waals surface area contributed by atoms with Crippen LogP contribution in [0.25, 0.3) is 10.9 Å². The average molecular weight is 805 g/mol. The summed E-state index contributed by atoms with van der Waals surface area (Å²) < 4.78 is 61.8. The first-order valence-corrected chi connectivity index (χ1v) is 19.4. The summed E-state index contributed by atoms with van der Waals surface area (Å²) in [5.41, 5.74) is -2.15. The number of alkyl carbamates (subject to hydrolysis) is 1. The van der Waals surface area contributed by atoms with Crippen LogP contribution in [0.15, 0.2) is 30.4 Å². The summed E-state index contributed by atoms with van der Waals surface area (Å²) in [7, 11) is 0. The maximum Gasteiger partial charge on any atom is 0.422 e. The zero-order valence-electron chi connectivity index (χ0n) is 32.1. The number of amides is 3. The molecule has 2 aromatic rings. The summed E-state index contributed by atoms with van der Waals surface area (Å²) in [6, 6.07) is 2.17. The molecule has 1 spiro atoms. The molecule has 1 saturated heterocycles. The Morgan fingerprint density at radius 1 is 1.21 bits per heavy atom. The molecule has 4 heterocycles. The van der Waals surface area contributed by atoms with Gasteiger partial charge in [0.25, 0.3) is 0 Å². The third-order valence-corrected chi connectivity index (χ3v) is 10.7. The minimum Gasteiger partial charge on any atom is -0.484 e. The number of benzene rings is 1. The van der Waals surface area contributed by atoms with Crippen LogP contribution in [0, 0.1) is 24.7 Å². The number of hydrogen-bond acceptors (Lipinski definition) is 9. The monoisotopic (exact) mass is 804 g/mol. The molecule has 1 aromatic heterocycles. The quantitative estimate of drug-likeness (QED) is 0.136. The van der Waals surface area contributed by atoms with Gasteiger partial charge >= 0.3 is 12.3 Å². The molecule has 6 rings (SSSR count). The Morgan fingerprint density at radius 3 is 2.66 bits per heavy atom. The van der Waals surface area contributed by atoms with Gasteiger partial charge in [0.05, 0.1) is 29.1 Å². The van der Waals surface area contributed by atoms with E-state index in [-0.39, 0.29) is 43.9 Å². The summed E-state index contributed by atoms with van der Waals surface area (Å²) in [4.78, 5) is 48.4. The first-order valence-electron chi connectivity index (χ1n) is 18.9. The lowest BCUT2D eigenvalue weighted by Crippen LogP contribution is -2.66.